The molecule has 28 heavy (non-hydrogen) atoms. The smallest absolute Gasteiger partial charge is 0.227 e. The normalized spacial score (nSPS) is 12.1. The fourth-order valence-electron chi connectivity index (χ4n) is 2.92. The van der Waals surface area contributed by atoms with Gasteiger partial charge in [0.25, 0.3) is 0 Å². The zero-order chi connectivity index (χ0) is 20.5. The highest BCUT2D eigenvalue weighted by Gasteiger charge is 2.14. The Labute approximate surface area is 166 Å². The number of rotatable bonds is 11. The summed E-state index contributed by atoms with van der Waals surface area (Å²) in [6, 6.07) is 5.59. The Balaban J connectivity index is 1.85. The van der Waals surface area contributed by atoms with Gasteiger partial charge in [0.2, 0.25) is 17.6 Å². The van der Waals surface area contributed by atoms with E-state index in [1.165, 1.54) is 6.42 Å². The van der Waals surface area contributed by atoms with Gasteiger partial charge < -0.3 is 19.3 Å². The monoisotopic (exact) mass is 389 g/mol. The summed E-state index contributed by atoms with van der Waals surface area (Å²) in [6.07, 6.45) is 4.03. The molecule has 1 amide bonds. The van der Waals surface area contributed by atoms with E-state index in [4.69, 9.17) is 14.0 Å². The van der Waals surface area contributed by atoms with Gasteiger partial charge in [0.15, 0.2) is 11.5 Å². The predicted molar refractivity (Wildman–Crippen MR) is 107 cm³/mol. The van der Waals surface area contributed by atoms with Crippen molar-refractivity contribution in [3.05, 3.63) is 24.1 Å². The van der Waals surface area contributed by atoms with Crippen molar-refractivity contribution in [2.24, 2.45) is 5.92 Å². The second kappa shape index (κ2) is 10.7. The van der Waals surface area contributed by atoms with E-state index in [1.807, 2.05) is 13.0 Å². The molecule has 7 heteroatoms. The number of methoxy groups -OCH3 is 2. The lowest BCUT2D eigenvalue weighted by Crippen LogP contribution is -2.32. The summed E-state index contributed by atoms with van der Waals surface area (Å²) in [5, 5.41) is 7.03. The Hall–Kier alpha value is -2.57. The van der Waals surface area contributed by atoms with Gasteiger partial charge >= 0.3 is 0 Å². The number of aromatic nitrogens is 2. The zero-order valence-corrected chi connectivity index (χ0v) is 17.4. The molecule has 2 aromatic rings. The Morgan fingerprint density at radius 3 is 2.57 bits per heavy atom. The van der Waals surface area contributed by atoms with Gasteiger partial charge in [-0.2, -0.15) is 4.98 Å². The van der Waals surface area contributed by atoms with Crippen molar-refractivity contribution >= 4 is 5.91 Å². The van der Waals surface area contributed by atoms with Crippen molar-refractivity contribution in [3.8, 4) is 22.9 Å². The number of amides is 1. The summed E-state index contributed by atoms with van der Waals surface area (Å²) in [5.74, 6) is 2.82. The van der Waals surface area contributed by atoms with Crippen LogP contribution in [0.25, 0.3) is 11.4 Å². The Morgan fingerprint density at radius 1 is 1.14 bits per heavy atom. The highest BCUT2D eigenvalue weighted by Crippen LogP contribution is 2.31. The average Bonchev–Trinajstić information content (AvgIpc) is 3.14. The third-order valence-corrected chi connectivity index (χ3v) is 4.50. The molecule has 0 saturated carbocycles. The number of aryl methyl sites for hydroxylation is 1. The lowest BCUT2D eigenvalue weighted by atomic mass is 10.0. The number of carbonyl (C=O) groups is 1. The van der Waals surface area contributed by atoms with Crippen molar-refractivity contribution in [2.45, 2.75) is 58.9 Å². The van der Waals surface area contributed by atoms with Crippen LogP contribution in [-0.4, -0.2) is 36.3 Å². The van der Waals surface area contributed by atoms with Crippen LogP contribution in [0, 0.1) is 5.92 Å². The number of nitrogens with one attached hydrogen (secondary N) is 1. The van der Waals surface area contributed by atoms with Crippen LogP contribution >= 0.6 is 0 Å². The number of benzene rings is 1. The van der Waals surface area contributed by atoms with Crippen LogP contribution in [0.1, 0.15) is 52.3 Å². The topological polar surface area (TPSA) is 86.5 Å². The fourth-order valence-corrected chi connectivity index (χ4v) is 2.92. The highest BCUT2D eigenvalue weighted by atomic mass is 16.5. The van der Waals surface area contributed by atoms with Crippen LogP contribution in [0.15, 0.2) is 22.7 Å². The quantitative estimate of drug-likeness (QED) is 0.625. The molecule has 0 fully saturated rings. The Bertz CT molecular complexity index is 758. The molecule has 0 unspecified atom stereocenters. The Kier molecular flexibility index (Phi) is 8.29. The molecule has 0 saturated heterocycles. The molecule has 1 atom stereocenters. The van der Waals surface area contributed by atoms with Crippen molar-refractivity contribution in [3.63, 3.8) is 0 Å². The fraction of sp³-hybridized carbons (Fsp3) is 0.571. The third-order valence-electron chi connectivity index (χ3n) is 4.50. The van der Waals surface area contributed by atoms with Crippen LogP contribution in [0.5, 0.6) is 11.5 Å². The number of ether oxygens (including phenoxy) is 2. The molecule has 1 heterocycles. The lowest BCUT2D eigenvalue weighted by molar-refractivity contribution is -0.121. The molecular weight excluding hydrogens is 358 g/mol. The number of hydrogen-bond donors (Lipinski definition) is 1. The molecule has 7 nitrogen and oxygen atoms in total. The maximum absolute atomic E-state index is 12.1. The largest absolute Gasteiger partial charge is 0.493 e. The second-order valence-corrected chi connectivity index (χ2v) is 7.37. The molecule has 1 aromatic carbocycles. The molecule has 0 bridgehead atoms. The molecule has 0 aliphatic carbocycles. The molecule has 2 rings (SSSR count). The van der Waals surface area contributed by atoms with Crippen molar-refractivity contribution in [1.82, 2.24) is 15.5 Å². The number of carbonyl (C=O) groups excluding carboxylic acids is 1. The van der Waals surface area contributed by atoms with Crippen LogP contribution in [0.2, 0.25) is 0 Å². The summed E-state index contributed by atoms with van der Waals surface area (Å²) < 4.78 is 15.8. The maximum Gasteiger partial charge on any atom is 0.227 e. The van der Waals surface area contributed by atoms with Crippen molar-refractivity contribution < 1.29 is 18.8 Å². The average molecular weight is 389 g/mol. The van der Waals surface area contributed by atoms with Gasteiger partial charge in [0, 0.05) is 24.4 Å². The van der Waals surface area contributed by atoms with Crippen molar-refractivity contribution in [1.29, 1.82) is 0 Å². The first-order valence-corrected chi connectivity index (χ1v) is 9.77. The van der Waals surface area contributed by atoms with E-state index in [0.29, 0.717) is 42.0 Å². The lowest BCUT2D eigenvalue weighted by Gasteiger charge is -2.14. The van der Waals surface area contributed by atoms with Crippen molar-refractivity contribution in [2.75, 3.05) is 14.2 Å². The van der Waals surface area contributed by atoms with Gasteiger partial charge in [0.1, 0.15) is 0 Å². The SMILES string of the molecule is COc1ccc(-c2noc(CCC(=O)N[C@H](C)CCCC(C)C)n2)cc1OC. The number of hydrogen-bond acceptors (Lipinski definition) is 6. The molecule has 0 spiro atoms. The van der Waals surface area contributed by atoms with Gasteiger partial charge in [-0.1, -0.05) is 31.8 Å². The maximum atomic E-state index is 12.1. The minimum Gasteiger partial charge on any atom is -0.493 e. The second-order valence-electron chi connectivity index (χ2n) is 7.37. The first-order chi connectivity index (χ1) is 13.4. The van der Waals surface area contributed by atoms with Gasteiger partial charge in [-0.15, -0.1) is 0 Å². The van der Waals surface area contributed by atoms with Gasteiger partial charge in [-0.3, -0.25) is 4.79 Å². The summed E-state index contributed by atoms with van der Waals surface area (Å²) >= 11 is 0. The van der Waals surface area contributed by atoms with Crippen LogP contribution in [0.4, 0.5) is 0 Å². The minimum absolute atomic E-state index is 0.00270. The van der Waals surface area contributed by atoms with Crippen LogP contribution < -0.4 is 14.8 Å². The molecule has 0 aliphatic heterocycles. The highest BCUT2D eigenvalue weighted by molar-refractivity contribution is 5.76. The van der Waals surface area contributed by atoms with Gasteiger partial charge in [-0.05, 0) is 37.5 Å². The van der Waals surface area contributed by atoms with Gasteiger partial charge in [0.05, 0.1) is 14.2 Å². The molecule has 154 valence electrons. The van der Waals surface area contributed by atoms with E-state index in [0.717, 1.165) is 18.4 Å². The van der Waals surface area contributed by atoms with Crippen LogP contribution in [-0.2, 0) is 11.2 Å². The molecule has 1 aromatic heterocycles. The molecule has 0 aliphatic rings. The zero-order valence-electron chi connectivity index (χ0n) is 17.4. The number of nitrogens with zero attached hydrogens (tertiary/aromatic N) is 2. The molecule has 1 N–H and O–H groups in total. The molecular formula is C21H31N3O4. The standard InChI is InChI=1S/C21H31N3O4/c1-14(2)7-6-8-15(3)22-19(25)11-12-20-23-21(24-28-20)16-9-10-17(26-4)18(13-16)27-5/h9-10,13-15H,6-8,11-12H2,1-5H3,(H,22,25)/t15-/m1/s1. The summed E-state index contributed by atoms with van der Waals surface area (Å²) in [4.78, 5) is 16.5. The Morgan fingerprint density at radius 2 is 1.89 bits per heavy atom. The summed E-state index contributed by atoms with van der Waals surface area (Å²) in [7, 11) is 3.16. The first-order valence-electron chi connectivity index (χ1n) is 9.77. The van der Waals surface area contributed by atoms with E-state index >= 15 is 0 Å². The summed E-state index contributed by atoms with van der Waals surface area (Å²) in [5.41, 5.74) is 0.760. The first kappa shape index (κ1) is 21.7. The van der Waals surface area contributed by atoms with E-state index in [1.54, 1.807) is 26.4 Å². The van der Waals surface area contributed by atoms with E-state index in [2.05, 4.69) is 29.3 Å². The third kappa shape index (κ3) is 6.55. The predicted octanol–water partition coefficient (Wildman–Crippen LogP) is 4.02. The van der Waals surface area contributed by atoms with Gasteiger partial charge in [-0.25, -0.2) is 0 Å². The summed E-state index contributed by atoms with van der Waals surface area (Å²) in [6.45, 7) is 6.47. The molecule has 0 radical (unpaired) electrons. The van der Waals surface area contributed by atoms with E-state index in [9.17, 15) is 4.79 Å². The van der Waals surface area contributed by atoms with Crippen LogP contribution in [0.3, 0.4) is 0 Å². The van der Waals surface area contributed by atoms with E-state index < -0.39 is 0 Å². The minimum atomic E-state index is 0.00270. The van der Waals surface area contributed by atoms with E-state index in [-0.39, 0.29) is 11.9 Å².